The number of aromatic amines is 2. The minimum Gasteiger partial charge on any atom is -0.477 e. The molecule has 0 spiro atoms. The van der Waals surface area contributed by atoms with Gasteiger partial charge in [-0.15, -0.1) is 0 Å². The quantitative estimate of drug-likeness (QED) is 0.431. The third-order valence-electron chi connectivity index (χ3n) is 2.03. The van der Waals surface area contributed by atoms with Crippen molar-refractivity contribution in [3.05, 3.63) is 43.4 Å². The van der Waals surface area contributed by atoms with Crippen LogP contribution in [-0.4, -0.2) is 31.0 Å². The van der Waals surface area contributed by atoms with Crippen LogP contribution in [0.2, 0.25) is 5.15 Å². The van der Waals surface area contributed by atoms with Crippen LogP contribution in [0, 0.1) is 6.92 Å². The molecule has 0 bridgehead atoms. The molecule has 0 fully saturated rings. The number of carboxylic acid groups (broad SMARTS) is 1. The molecule has 10 nitrogen and oxygen atoms in total. The molecule has 0 saturated carbocycles. The lowest BCUT2D eigenvalue weighted by molar-refractivity contribution is 0.0691. The highest BCUT2D eigenvalue weighted by molar-refractivity contribution is 6.29. The number of H-pyrrole nitrogens is 2. The number of rotatable bonds is 1. The fraction of sp³-hybridized carbons (Fsp3) is 0.100. The van der Waals surface area contributed by atoms with Gasteiger partial charge >= 0.3 is 11.7 Å². The highest BCUT2D eigenvalue weighted by Crippen LogP contribution is 2.06. The number of aromatic carboxylic acids is 1. The fourth-order valence-electron chi connectivity index (χ4n) is 1.22. The van der Waals surface area contributed by atoms with E-state index in [1.54, 1.807) is 11.1 Å². The molecule has 2 heterocycles. The van der Waals surface area contributed by atoms with Crippen molar-refractivity contribution in [1.82, 2.24) is 19.9 Å². The third-order valence-corrected chi connectivity index (χ3v) is 2.23. The molecule has 0 aromatic carbocycles. The number of nitrogens with one attached hydrogen (secondary N) is 2. The lowest BCUT2D eigenvalue weighted by Crippen LogP contribution is -2.28. The maximum atomic E-state index is 10.7. The summed E-state index contributed by atoms with van der Waals surface area (Å²) in [4.78, 5) is 42.7. The first kappa shape index (κ1) is 16.2. The molecule has 0 aliphatic rings. The highest BCUT2D eigenvalue weighted by atomic mass is 35.5. The maximum absolute atomic E-state index is 10.7. The van der Waals surface area contributed by atoms with Gasteiger partial charge in [0, 0.05) is 5.69 Å². The van der Waals surface area contributed by atoms with Gasteiger partial charge in [0.1, 0.15) is 10.8 Å². The van der Waals surface area contributed by atoms with Crippen molar-refractivity contribution in [2.75, 3.05) is 11.5 Å². The van der Waals surface area contributed by atoms with Crippen molar-refractivity contribution in [2.24, 2.45) is 0 Å². The van der Waals surface area contributed by atoms with Crippen molar-refractivity contribution in [3.63, 3.8) is 0 Å². The number of nitrogen functional groups attached to an aromatic ring is 2. The number of halogens is 1. The zero-order chi connectivity index (χ0) is 16.2. The summed E-state index contributed by atoms with van der Waals surface area (Å²) in [7, 11) is 0. The Morgan fingerprint density at radius 3 is 2.38 bits per heavy atom. The van der Waals surface area contributed by atoms with Gasteiger partial charge in [-0.3, -0.25) is 14.8 Å². The molecule has 0 radical (unpaired) electrons. The van der Waals surface area contributed by atoms with E-state index in [1.165, 1.54) is 0 Å². The molecule has 0 saturated heterocycles. The van der Waals surface area contributed by atoms with Crippen LogP contribution in [0.4, 0.5) is 11.6 Å². The first-order chi connectivity index (χ1) is 9.70. The number of nitrogens with zero attached hydrogens (tertiary/aromatic N) is 2. The number of aryl methyl sites for hydroxylation is 1. The Labute approximate surface area is 121 Å². The van der Waals surface area contributed by atoms with Crippen LogP contribution in [0.3, 0.4) is 0 Å². The summed E-state index contributed by atoms with van der Waals surface area (Å²) in [5, 5.41) is 8.80. The summed E-state index contributed by atoms with van der Waals surface area (Å²) >= 11 is 5.52. The van der Waals surface area contributed by atoms with E-state index in [4.69, 9.17) is 28.2 Å². The van der Waals surface area contributed by atoms with Gasteiger partial charge in [-0.05, 0) is 13.0 Å². The normalized spacial score (nSPS) is 9.62. The zero-order valence-corrected chi connectivity index (χ0v) is 11.4. The van der Waals surface area contributed by atoms with Gasteiger partial charge in [0.2, 0.25) is 5.95 Å². The number of aromatic nitrogens is 4. The Hall–Kier alpha value is -2.88. The SMILES string of the molecule is Cc1cc(Cl)nc(N)n1.Nc1c(C(=O)O)[nH]c(=O)[nH]c1=O. The molecule has 11 heteroatoms. The van der Waals surface area contributed by atoms with Crippen LogP contribution in [0.25, 0.3) is 0 Å². The number of anilines is 2. The molecule has 2 aromatic heterocycles. The Morgan fingerprint density at radius 2 is 1.90 bits per heavy atom. The second-order valence-corrected chi connectivity index (χ2v) is 4.08. The van der Waals surface area contributed by atoms with Crippen LogP contribution >= 0.6 is 11.6 Å². The van der Waals surface area contributed by atoms with Crippen molar-refractivity contribution in [3.8, 4) is 0 Å². The molecular formula is C10H11ClN6O4. The van der Waals surface area contributed by atoms with Crippen LogP contribution in [0.5, 0.6) is 0 Å². The van der Waals surface area contributed by atoms with Crippen LogP contribution < -0.4 is 22.7 Å². The molecule has 112 valence electrons. The second kappa shape index (κ2) is 6.52. The summed E-state index contributed by atoms with van der Waals surface area (Å²) in [5.41, 5.74) is 8.19. The summed E-state index contributed by atoms with van der Waals surface area (Å²) in [6.07, 6.45) is 0. The Kier molecular flexibility index (Phi) is 5.02. The predicted molar refractivity (Wildman–Crippen MR) is 75.2 cm³/mol. The van der Waals surface area contributed by atoms with Gasteiger partial charge in [0.25, 0.3) is 5.56 Å². The van der Waals surface area contributed by atoms with E-state index in [9.17, 15) is 14.4 Å². The largest absolute Gasteiger partial charge is 0.477 e. The Balaban J connectivity index is 0.000000219. The van der Waals surface area contributed by atoms with E-state index in [1.807, 2.05) is 11.9 Å². The van der Waals surface area contributed by atoms with E-state index >= 15 is 0 Å². The van der Waals surface area contributed by atoms with Gasteiger partial charge in [0.15, 0.2) is 5.69 Å². The molecular weight excluding hydrogens is 304 g/mol. The first-order valence-corrected chi connectivity index (χ1v) is 5.70. The molecule has 2 aromatic rings. The topological polar surface area (TPSA) is 181 Å². The van der Waals surface area contributed by atoms with E-state index in [2.05, 4.69) is 9.97 Å². The molecule has 7 N–H and O–H groups in total. The number of hydrogen-bond acceptors (Lipinski definition) is 7. The number of carboxylic acids is 1. The smallest absolute Gasteiger partial charge is 0.354 e. The molecule has 0 aliphatic heterocycles. The summed E-state index contributed by atoms with van der Waals surface area (Å²) < 4.78 is 0. The molecule has 0 aliphatic carbocycles. The van der Waals surface area contributed by atoms with Crippen molar-refractivity contribution >= 4 is 29.2 Å². The van der Waals surface area contributed by atoms with E-state index in [0.29, 0.717) is 5.15 Å². The van der Waals surface area contributed by atoms with E-state index in [-0.39, 0.29) is 5.95 Å². The molecule has 0 amide bonds. The van der Waals surface area contributed by atoms with E-state index < -0.39 is 28.6 Å². The third kappa shape index (κ3) is 4.62. The van der Waals surface area contributed by atoms with Crippen molar-refractivity contribution in [2.45, 2.75) is 6.92 Å². The van der Waals surface area contributed by atoms with Gasteiger partial charge in [-0.25, -0.2) is 19.6 Å². The first-order valence-electron chi connectivity index (χ1n) is 5.32. The molecule has 0 atom stereocenters. The van der Waals surface area contributed by atoms with Gasteiger partial charge in [-0.2, -0.15) is 0 Å². The van der Waals surface area contributed by atoms with Crippen molar-refractivity contribution in [1.29, 1.82) is 0 Å². The van der Waals surface area contributed by atoms with Gasteiger partial charge < -0.3 is 16.6 Å². The Morgan fingerprint density at radius 1 is 1.29 bits per heavy atom. The average Bonchev–Trinajstić information content (AvgIpc) is 2.32. The number of carbonyl (C=O) groups is 1. The van der Waals surface area contributed by atoms with Crippen molar-refractivity contribution < 1.29 is 9.90 Å². The fourth-order valence-corrected chi connectivity index (χ4v) is 1.46. The lowest BCUT2D eigenvalue weighted by atomic mass is 10.3. The van der Waals surface area contributed by atoms with Crippen LogP contribution in [0.1, 0.15) is 16.2 Å². The molecule has 2 rings (SSSR count). The number of nitrogens with two attached hydrogens (primary N) is 2. The highest BCUT2D eigenvalue weighted by Gasteiger charge is 2.11. The molecule has 21 heavy (non-hydrogen) atoms. The second-order valence-electron chi connectivity index (χ2n) is 3.69. The van der Waals surface area contributed by atoms with Gasteiger partial charge in [-0.1, -0.05) is 11.6 Å². The minimum atomic E-state index is -1.45. The standard InChI is InChI=1S/C5H6ClN3.C5H5N3O4/c1-3-2-4(6)9-5(7)8-3;6-1-2(4(10)11)7-5(12)8-3(1)9/h2H,1H3,(H2,7,8,9);6H2,(H,10,11)(H2,7,8,9,12). The lowest BCUT2D eigenvalue weighted by Gasteiger charge is -1.96. The molecule has 0 unspecified atom stereocenters. The summed E-state index contributed by atoms with van der Waals surface area (Å²) in [6, 6.07) is 1.65. The minimum absolute atomic E-state index is 0.222. The summed E-state index contributed by atoms with van der Waals surface area (Å²) in [6.45, 7) is 1.81. The average molecular weight is 315 g/mol. The van der Waals surface area contributed by atoms with E-state index in [0.717, 1.165) is 5.69 Å². The maximum Gasteiger partial charge on any atom is 0.354 e. The van der Waals surface area contributed by atoms with Gasteiger partial charge in [0.05, 0.1) is 0 Å². The zero-order valence-electron chi connectivity index (χ0n) is 10.7. The predicted octanol–water partition coefficient (Wildman–Crippen LogP) is -0.636. The van der Waals surface area contributed by atoms with Crippen LogP contribution in [0.15, 0.2) is 15.7 Å². The number of hydrogen-bond donors (Lipinski definition) is 5. The monoisotopic (exact) mass is 314 g/mol. The summed E-state index contributed by atoms with van der Waals surface area (Å²) in [5.74, 6) is -1.23. The Bertz CT molecular complexity index is 733. The van der Waals surface area contributed by atoms with Crippen LogP contribution in [-0.2, 0) is 0 Å².